The molecule has 0 aliphatic rings. The molecule has 0 bridgehead atoms. The van der Waals surface area contributed by atoms with Crippen LogP contribution >= 0.6 is 0 Å². The van der Waals surface area contributed by atoms with Crippen molar-refractivity contribution in [3.63, 3.8) is 0 Å². The molecule has 1 aromatic heterocycles. The molecule has 2 rings (SSSR count). The van der Waals surface area contributed by atoms with Crippen LogP contribution in [0.3, 0.4) is 0 Å². The Morgan fingerprint density at radius 3 is 2.75 bits per heavy atom. The molecule has 0 aliphatic carbocycles. The molecule has 0 atom stereocenters. The average Bonchev–Trinajstić information content (AvgIpc) is 2.65. The molecule has 0 spiro atoms. The lowest BCUT2D eigenvalue weighted by Crippen LogP contribution is -2.00. The van der Waals surface area contributed by atoms with Crippen LogP contribution < -0.4 is 0 Å². The predicted octanol–water partition coefficient (Wildman–Crippen LogP) is 2.32. The topological polar surface area (TPSA) is 55.1 Å². The number of aromatic nitrogens is 2. The maximum atomic E-state index is 11.1. The van der Waals surface area contributed by atoms with E-state index < -0.39 is 5.97 Å². The Labute approximate surface area is 93.5 Å². The number of aromatic carboxylic acids is 1. The largest absolute Gasteiger partial charge is 0.478 e. The summed E-state index contributed by atoms with van der Waals surface area (Å²) in [6, 6.07) is 5.27. The van der Waals surface area contributed by atoms with Gasteiger partial charge < -0.3 is 9.67 Å². The molecule has 1 aromatic carbocycles. The van der Waals surface area contributed by atoms with Crippen molar-refractivity contribution in [1.82, 2.24) is 9.55 Å². The number of hydrogen-bond acceptors (Lipinski definition) is 2. The molecule has 0 fully saturated rings. The van der Waals surface area contributed by atoms with Gasteiger partial charge in [-0.15, -0.1) is 0 Å². The standard InChI is InChI=1S/C12H14N2O2/c1-3-10-13-11-8(12(15)16)6-5-7-9(11)14(10)4-2/h5-7H,3-4H2,1-2H3,(H,15,16). The fourth-order valence-electron chi connectivity index (χ4n) is 1.99. The van der Waals surface area contributed by atoms with Crippen LogP contribution in [-0.2, 0) is 13.0 Å². The number of fused-ring (bicyclic) bond motifs is 1. The molecule has 4 heteroatoms. The predicted molar refractivity (Wildman–Crippen MR) is 61.7 cm³/mol. The lowest BCUT2D eigenvalue weighted by Gasteiger charge is -2.03. The minimum Gasteiger partial charge on any atom is -0.478 e. The first-order valence-electron chi connectivity index (χ1n) is 5.40. The number of rotatable bonds is 3. The average molecular weight is 218 g/mol. The minimum absolute atomic E-state index is 0.277. The smallest absolute Gasteiger partial charge is 0.337 e. The Morgan fingerprint density at radius 2 is 2.19 bits per heavy atom. The highest BCUT2D eigenvalue weighted by Gasteiger charge is 2.14. The van der Waals surface area contributed by atoms with Crippen molar-refractivity contribution in [1.29, 1.82) is 0 Å². The number of carboxylic acids is 1. The van der Waals surface area contributed by atoms with E-state index in [1.165, 1.54) is 0 Å². The zero-order valence-corrected chi connectivity index (χ0v) is 9.40. The molecule has 0 aliphatic heterocycles. The second kappa shape index (κ2) is 3.96. The molecule has 1 N–H and O–H groups in total. The van der Waals surface area contributed by atoms with Gasteiger partial charge in [0.15, 0.2) is 0 Å². The normalized spacial score (nSPS) is 10.9. The van der Waals surface area contributed by atoms with Crippen LogP contribution in [0, 0.1) is 0 Å². The summed E-state index contributed by atoms with van der Waals surface area (Å²) in [5, 5.41) is 9.08. The summed E-state index contributed by atoms with van der Waals surface area (Å²) in [5.41, 5.74) is 1.77. The van der Waals surface area contributed by atoms with E-state index in [-0.39, 0.29) is 5.56 Å². The second-order valence-electron chi connectivity index (χ2n) is 3.60. The first-order chi connectivity index (χ1) is 7.69. The van der Waals surface area contributed by atoms with Crippen LogP contribution in [0.4, 0.5) is 0 Å². The number of imidazole rings is 1. The van der Waals surface area contributed by atoms with E-state index in [0.717, 1.165) is 24.3 Å². The molecule has 0 saturated heterocycles. The number of benzene rings is 1. The number of carbonyl (C=O) groups is 1. The first-order valence-corrected chi connectivity index (χ1v) is 5.40. The number of aryl methyl sites for hydroxylation is 2. The van der Waals surface area contributed by atoms with Gasteiger partial charge in [0.25, 0.3) is 0 Å². The zero-order valence-electron chi connectivity index (χ0n) is 9.40. The fraction of sp³-hybridized carbons (Fsp3) is 0.333. The van der Waals surface area contributed by atoms with Crippen LogP contribution in [0.2, 0.25) is 0 Å². The SMILES string of the molecule is CCc1nc2c(C(=O)O)cccc2n1CC. The maximum Gasteiger partial charge on any atom is 0.337 e. The maximum absolute atomic E-state index is 11.1. The van der Waals surface area contributed by atoms with Gasteiger partial charge in [0.1, 0.15) is 11.3 Å². The van der Waals surface area contributed by atoms with Crippen LogP contribution in [0.25, 0.3) is 11.0 Å². The van der Waals surface area contributed by atoms with Gasteiger partial charge in [-0.05, 0) is 19.1 Å². The highest BCUT2D eigenvalue weighted by Crippen LogP contribution is 2.20. The van der Waals surface area contributed by atoms with Crippen molar-refractivity contribution >= 4 is 17.0 Å². The molecule has 0 saturated carbocycles. The van der Waals surface area contributed by atoms with Crippen LogP contribution in [-0.4, -0.2) is 20.6 Å². The Hall–Kier alpha value is -1.84. The van der Waals surface area contributed by atoms with Gasteiger partial charge in [0.2, 0.25) is 0 Å². The molecule has 0 amide bonds. The first kappa shape index (κ1) is 10.7. The van der Waals surface area contributed by atoms with Gasteiger partial charge in [-0.3, -0.25) is 0 Å². The highest BCUT2D eigenvalue weighted by atomic mass is 16.4. The molecular formula is C12H14N2O2. The van der Waals surface area contributed by atoms with Crippen molar-refractivity contribution in [3.8, 4) is 0 Å². The summed E-state index contributed by atoms with van der Waals surface area (Å²) in [6.07, 6.45) is 0.807. The van der Waals surface area contributed by atoms with Crippen molar-refractivity contribution in [2.45, 2.75) is 26.8 Å². The highest BCUT2D eigenvalue weighted by molar-refractivity contribution is 6.01. The summed E-state index contributed by atoms with van der Waals surface area (Å²) in [4.78, 5) is 15.5. The Bertz CT molecular complexity index is 543. The van der Waals surface area contributed by atoms with Crippen molar-refractivity contribution in [2.24, 2.45) is 0 Å². The van der Waals surface area contributed by atoms with E-state index in [0.29, 0.717) is 5.52 Å². The van der Waals surface area contributed by atoms with Crippen molar-refractivity contribution < 1.29 is 9.90 Å². The zero-order chi connectivity index (χ0) is 11.7. The minimum atomic E-state index is -0.922. The van der Waals surface area contributed by atoms with Gasteiger partial charge in [-0.2, -0.15) is 0 Å². The van der Waals surface area contributed by atoms with Gasteiger partial charge in [-0.1, -0.05) is 13.0 Å². The lowest BCUT2D eigenvalue weighted by atomic mass is 10.2. The summed E-state index contributed by atoms with van der Waals surface area (Å²) in [5.74, 6) is 0.0141. The third-order valence-corrected chi connectivity index (χ3v) is 2.72. The molecule has 4 nitrogen and oxygen atoms in total. The molecular weight excluding hydrogens is 204 g/mol. The van der Waals surface area contributed by atoms with Crippen molar-refractivity contribution in [2.75, 3.05) is 0 Å². The molecule has 0 unspecified atom stereocenters. The quantitative estimate of drug-likeness (QED) is 0.860. The van der Waals surface area contributed by atoms with Crippen LogP contribution in [0.5, 0.6) is 0 Å². The third-order valence-electron chi connectivity index (χ3n) is 2.72. The number of para-hydroxylation sites is 1. The van der Waals surface area contributed by atoms with Crippen LogP contribution in [0.1, 0.15) is 30.0 Å². The number of hydrogen-bond donors (Lipinski definition) is 1. The monoisotopic (exact) mass is 218 g/mol. The molecule has 84 valence electrons. The molecule has 16 heavy (non-hydrogen) atoms. The summed E-state index contributed by atoms with van der Waals surface area (Å²) in [6.45, 7) is 4.87. The Kier molecular flexibility index (Phi) is 2.64. The van der Waals surface area contributed by atoms with Crippen LogP contribution in [0.15, 0.2) is 18.2 Å². The van der Waals surface area contributed by atoms with Gasteiger partial charge >= 0.3 is 5.97 Å². The van der Waals surface area contributed by atoms with E-state index >= 15 is 0 Å². The summed E-state index contributed by atoms with van der Waals surface area (Å²) < 4.78 is 2.06. The number of nitrogens with zero attached hydrogens (tertiary/aromatic N) is 2. The van der Waals surface area contributed by atoms with E-state index in [4.69, 9.17) is 5.11 Å². The van der Waals surface area contributed by atoms with E-state index in [1.807, 2.05) is 19.9 Å². The molecule has 0 radical (unpaired) electrons. The Morgan fingerprint density at radius 1 is 1.44 bits per heavy atom. The van der Waals surface area contributed by atoms with Crippen molar-refractivity contribution in [3.05, 3.63) is 29.6 Å². The summed E-state index contributed by atoms with van der Waals surface area (Å²) >= 11 is 0. The van der Waals surface area contributed by atoms with E-state index in [1.54, 1.807) is 12.1 Å². The fourth-order valence-corrected chi connectivity index (χ4v) is 1.99. The van der Waals surface area contributed by atoms with E-state index in [2.05, 4.69) is 9.55 Å². The lowest BCUT2D eigenvalue weighted by molar-refractivity contribution is 0.0699. The van der Waals surface area contributed by atoms with Gasteiger partial charge in [-0.25, -0.2) is 9.78 Å². The second-order valence-corrected chi connectivity index (χ2v) is 3.60. The molecule has 1 heterocycles. The summed E-state index contributed by atoms with van der Waals surface area (Å²) in [7, 11) is 0. The number of carboxylic acid groups (broad SMARTS) is 1. The van der Waals surface area contributed by atoms with Gasteiger partial charge in [0.05, 0.1) is 11.1 Å². The van der Waals surface area contributed by atoms with Gasteiger partial charge in [0, 0.05) is 13.0 Å². The Balaban J connectivity index is 2.80. The third kappa shape index (κ3) is 1.46. The van der Waals surface area contributed by atoms with E-state index in [9.17, 15) is 4.79 Å². The molecule has 2 aromatic rings.